The molecule has 0 aliphatic carbocycles. The van der Waals surface area contributed by atoms with Crippen LogP contribution < -0.4 is 4.90 Å². The molecule has 0 bridgehead atoms. The highest BCUT2D eigenvalue weighted by Crippen LogP contribution is 2.31. The van der Waals surface area contributed by atoms with Crippen molar-refractivity contribution >= 4 is 42.2 Å². The van der Waals surface area contributed by atoms with E-state index in [9.17, 15) is 21.6 Å². The lowest BCUT2D eigenvalue weighted by molar-refractivity contribution is -0.116. The van der Waals surface area contributed by atoms with Gasteiger partial charge in [0.05, 0.1) is 15.7 Å². The van der Waals surface area contributed by atoms with Crippen molar-refractivity contribution in [2.24, 2.45) is 0 Å². The van der Waals surface area contributed by atoms with Crippen LogP contribution in [0.5, 0.6) is 0 Å². The van der Waals surface area contributed by atoms with E-state index in [0.717, 1.165) is 39.4 Å². The maximum absolute atomic E-state index is 12.4. The number of benzene rings is 3. The third kappa shape index (κ3) is 6.91. The number of fused-ring (bicyclic) bond motifs is 1. The Hall–Kier alpha value is -3.56. The maximum Gasteiger partial charge on any atom is 0.223 e. The van der Waals surface area contributed by atoms with E-state index in [0.29, 0.717) is 25.1 Å². The van der Waals surface area contributed by atoms with Crippen LogP contribution in [0.4, 0.5) is 5.69 Å². The number of pyridine rings is 1. The maximum atomic E-state index is 12.4. The van der Waals surface area contributed by atoms with Crippen LogP contribution in [0.3, 0.4) is 0 Å². The Kier molecular flexibility index (Phi) is 8.23. The Morgan fingerprint density at radius 1 is 0.897 bits per heavy atom. The zero-order valence-corrected chi connectivity index (χ0v) is 24.1. The Morgan fingerprint density at radius 2 is 1.62 bits per heavy atom. The second-order valence-electron chi connectivity index (χ2n) is 9.95. The fraction of sp³-hybridized carbons (Fsp3) is 0.267. The van der Waals surface area contributed by atoms with E-state index in [2.05, 4.69) is 11.1 Å². The molecule has 0 radical (unpaired) electrons. The molecule has 0 saturated carbocycles. The molecule has 0 saturated heterocycles. The van der Waals surface area contributed by atoms with Gasteiger partial charge < -0.3 is 4.90 Å². The monoisotopic (exact) mass is 564 g/mol. The van der Waals surface area contributed by atoms with Gasteiger partial charge in [-0.2, -0.15) is 0 Å². The van der Waals surface area contributed by atoms with Crippen LogP contribution in [0.15, 0.2) is 83.9 Å². The molecule has 1 heterocycles. The van der Waals surface area contributed by atoms with Crippen molar-refractivity contribution in [3.63, 3.8) is 0 Å². The summed E-state index contributed by atoms with van der Waals surface area (Å²) in [7, 11) is -6.49. The SMILES string of the molecule is CC(=O)N(CCc1cccc(-c2cc(CC(C)S(C)(=O)=O)cc3cccnc23)c1)c1ccc(S(C)(=O)=O)cc1. The summed E-state index contributed by atoms with van der Waals surface area (Å²) in [5, 5.41) is 0.436. The van der Waals surface area contributed by atoms with Gasteiger partial charge in [-0.3, -0.25) is 9.78 Å². The number of hydrogen-bond donors (Lipinski definition) is 0. The standard InChI is InChI=1S/C30H32N2O5S2/c1-21(38(3,34)35)17-24-19-26-9-6-15-31-30(26)29(20-24)25-8-5-7-23(18-25)14-16-32(22(2)33)27-10-12-28(13-11-27)39(4,36)37/h5-13,15,18-21H,14,16-17H2,1-4H3. The zero-order valence-electron chi connectivity index (χ0n) is 22.5. The van der Waals surface area contributed by atoms with Crippen molar-refractivity contribution in [1.82, 2.24) is 4.98 Å². The third-order valence-electron chi connectivity index (χ3n) is 6.84. The molecule has 204 valence electrons. The van der Waals surface area contributed by atoms with Gasteiger partial charge in [0.25, 0.3) is 0 Å². The average molecular weight is 565 g/mol. The topological polar surface area (TPSA) is 101 Å². The van der Waals surface area contributed by atoms with Crippen LogP contribution in [-0.4, -0.2) is 52.0 Å². The van der Waals surface area contributed by atoms with Gasteiger partial charge in [0.2, 0.25) is 5.91 Å². The molecule has 1 atom stereocenters. The summed E-state index contributed by atoms with van der Waals surface area (Å²) >= 11 is 0. The first-order chi connectivity index (χ1) is 18.3. The molecule has 0 aliphatic rings. The van der Waals surface area contributed by atoms with Crippen molar-refractivity contribution in [2.45, 2.75) is 36.8 Å². The molecule has 1 unspecified atom stereocenters. The van der Waals surface area contributed by atoms with E-state index in [4.69, 9.17) is 0 Å². The Labute approximate surface area is 230 Å². The highest BCUT2D eigenvalue weighted by Gasteiger charge is 2.18. The largest absolute Gasteiger partial charge is 0.312 e. The van der Waals surface area contributed by atoms with Gasteiger partial charge in [-0.25, -0.2) is 16.8 Å². The van der Waals surface area contributed by atoms with Crippen molar-refractivity contribution in [3.8, 4) is 11.1 Å². The summed E-state index contributed by atoms with van der Waals surface area (Å²) in [6.07, 6.45) is 5.14. The molecular formula is C30H32N2O5S2. The number of rotatable bonds is 9. The third-order valence-corrected chi connectivity index (χ3v) is 9.59. The molecule has 4 aromatic rings. The summed E-state index contributed by atoms with van der Waals surface area (Å²) in [5.74, 6) is -0.138. The van der Waals surface area contributed by atoms with Gasteiger partial charge in [0, 0.05) is 48.8 Å². The van der Waals surface area contributed by atoms with Gasteiger partial charge in [-0.05, 0) is 78.9 Å². The summed E-state index contributed by atoms with van der Waals surface area (Å²) in [6.45, 7) is 3.63. The van der Waals surface area contributed by atoms with E-state index in [1.165, 1.54) is 25.3 Å². The van der Waals surface area contributed by atoms with E-state index in [1.54, 1.807) is 30.2 Å². The van der Waals surface area contributed by atoms with Crippen molar-refractivity contribution < 1.29 is 21.6 Å². The second-order valence-corrected chi connectivity index (χ2v) is 14.4. The van der Waals surface area contributed by atoms with Crippen molar-refractivity contribution in [1.29, 1.82) is 0 Å². The van der Waals surface area contributed by atoms with Crippen LogP contribution in [0, 0.1) is 0 Å². The zero-order chi connectivity index (χ0) is 28.4. The van der Waals surface area contributed by atoms with Crippen LogP contribution in [0.2, 0.25) is 0 Å². The van der Waals surface area contributed by atoms with Crippen molar-refractivity contribution in [3.05, 3.63) is 90.1 Å². The Balaban J connectivity index is 1.63. The van der Waals surface area contributed by atoms with Crippen LogP contribution in [0.25, 0.3) is 22.0 Å². The summed E-state index contributed by atoms with van der Waals surface area (Å²) in [5.41, 5.74) is 5.29. The van der Waals surface area contributed by atoms with E-state index < -0.39 is 24.9 Å². The number of carbonyl (C=O) groups is 1. The molecule has 39 heavy (non-hydrogen) atoms. The summed E-state index contributed by atoms with van der Waals surface area (Å²) in [4.78, 5) is 18.9. The smallest absolute Gasteiger partial charge is 0.223 e. The molecule has 4 rings (SSSR count). The first-order valence-corrected chi connectivity index (χ1v) is 16.4. The van der Waals surface area contributed by atoms with Crippen LogP contribution in [0.1, 0.15) is 25.0 Å². The highest BCUT2D eigenvalue weighted by atomic mass is 32.2. The number of sulfone groups is 2. The van der Waals surface area contributed by atoms with Gasteiger partial charge in [-0.15, -0.1) is 0 Å². The molecule has 0 fully saturated rings. The Morgan fingerprint density at radius 3 is 2.26 bits per heavy atom. The molecular weight excluding hydrogens is 532 g/mol. The summed E-state index contributed by atoms with van der Waals surface area (Å²) < 4.78 is 47.7. The first-order valence-electron chi connectivity index (χ1n) is 12.6. The predicted molar refractivity (Wildman–Crippen MR) is 156 cm³/mol. The number of carbonyl (C=O) groups excluding carboxylic acids is 1. The molecule has 0 aliphatic heterocycles. The number of hydrogen-bond acceptors (Lipinski definition) is 6. The number of aromatic nitrogens is 1. The second kappa shape index (κ2) is 11.3. The van der Waals surface area contributed by atoms with Gasteiger partial charge in [0.15, 0.2) is 9.84 Å². The molecule has 0 N–H and O–H groups in total. The van der Waals surface area contributed by atoms with Crippen LogP contribution >= 0.6 is 0 Å². The normalized spacial score (nSPS) is 12.8. The molecule has 1 aromatic heterocycles. The molecule has 3 aromatic carbocycles. The fourth-order valence-corrected chi connectivity index (χ4v) is 5.68. The lowest BCUT2D eigenvalue weighted by Gasteiger charge is -2.21. The van der Waals surface area contributed by atoms with E-state index in [-0.39, 0.29) is 10.8 Å². The van der Waals surface area contributed by atoms with Crippen LogP contribution in [-0.2, 0) is 37.3 Å². The quantitative estimate of drug-likeness (QED) is 0.287. The van der Waals surface area contributed by atoms with Crippen molar-refractivity contribution in [2.75, 3.05) is 24.0 Å². The van der Waals surface area contributed by atoms with E-state index in [1.807, 2.05) is 42.5 Å². The van der Waals surface area contributed by atoms with E-state index >= 15 is 0 Å². The molecule has 7 nitrogen and oxygen atoms in total. The minimum absolute atomic E-state index is 0.138. The molecule has 0 spiro atoms. The predicted octanol–water partition coefficient (Wildman–Crippen LogP) is 4.88. The van der Waals surface area contributed by atoms with Gasteiger partial charge in [0.1, 0.15) is 9.84 Å². The number of amides is 1. The Bertz CT molecular complexity index is 1730. The molecule has 9 heteroatoms. The fourth-order valence-electron chi connectivity index (χ4n) is 4.55. The lowest BCUT2D eigenvalue weighted by Crippen LogP contribution is -2.30. The minimum Gasteiger partial charge on any atom is -0.312 e. The summed E-state index contributed by atoms with van der Waals surface area (Å²) in [6, 6.07) is 22.2. The number of anilines is 1. The number of nitrogens with zero attached hydrogens (tertiary/aromatic N) is 2. The van der Waals surface area contributed by atoms with Gasteiger partial charge >= 0.3 is 0 Å². The average Bonchev–Trinajstić information content (AvgIpc) is 2.87. The molecule has 1 amide bonds. The van der Waals surface area contributed by atoms with Gasteiger partial charge in [-0.1, -0.05) is 30.3 Å². The lowest BCUT2D eigenvalue weighted by atomic mass is 9.95. The highest BCUT2D eigenvalue weighted by molar-refractivity contribution is 7.91. The first kappa shape index (κ1) is 28.4. The minimum atomic E-state index is -3.32.